The molecule has 1 unspecified atom stereocenters. The predicted octanol–water partition coefficient (Wildman–Crippen LogP) is 3.48. The monoisotopic (exact) mass is 826 g/mol. The number of benzene rings is 3. The smallest absolute Gasteiger partial charge is 0.244 e. The molecule has 1 saturated heterocycles. The Hall–Kier alpha value is -2.81. The van der Waals surface area contributed by atoms with E-state index in [-0.39, 0.29) is 92.9 Å². The summed E-state index contributed by atoms with van der Waals surface area (Å²) in [7, 11) is 3.52. The van der Waals surface area contributed by atoms with E-state index in [4.69, 9.17) is 14.2 Å². The molecule has 233 valence electrons. The van der Waals surface area contributed by atoms with Gasteiger partial charge in [0.25, 0.3) is 0 Å². The number of phenols is 2. The zero-order valence-corrected chi connectivity index (χ0v) is 30.5. The molecule has 1 fully saturated rings. The molecular formula is C34H37AcN3O7. The Kier molecular flexibility index (Phi) is 8.87. The van der Waals surface area contributed by atoms with Gasteiger partial charge in [0.15, 0.2) is 23.0 Å². The van der Waals surface area contributed by atoms with Crippen LogP contribution in [-0.2, 0) is 17.6 Å². The molecule has 3 aromatic rings. The molecule has 10 nitrogen and oxygen atoms in total. The van der Waals surface area contributed by atoms with E-state index in [2.05, 4.69) is 10.2 Å². The Morgan fingerprint density at radius 2 is 1.80 bits per heavy atom. The van der Waals surface area contributed by atoms with Crippen LogP contribution in [0.15, 0.2) is 42.5 Å². The largest absolute Gasteiger partial charge is 0.507 e. The number of methoxy groups -OCH3 is 1. The molecule has 4 aliphatic heterocycles. The zero-order valence-electron chi connectivity index (χ0n) is 25.8. The maximum Gasteiger partial charge on any atom is 0.244 e. The minimum Gasteiger partial charge on any atom is -0.507 e. The second-order valence-electron chi connectivity index (χ2n) is 12.1. The molecule has 0 aromatic heterocycles. The van der Waals surface area contributed by atoms with Gasteiger partial charge in [-0.1, -0.05) is 36.4 Å². The number of carbonyl (C=O) groups is 1. The molecule has 11 heteroatoms. The summed E-state index contributed by atoms with van der Waals surface area (Å²) in [5, 5.41) is 38.2. The number of aliphatic hydroxyl groups is 1. The first kappa shape index (κ1) is 32.1. The van der Waals surface area contributed by atoms with Crippen LogP contribution >= 0.6 is 0 Å². The fraction of sp³-hybridized carbons (Fsp3) is 0.382. The summed E-state index contributed by atoms with van der Waals surface area (Å²) in [6, 6.07) is 10.1. The molecule has 7 rings (SSSR count). The molecule has 5 atom stereocenters. The van der Waals surface area contributed by atoms with E-state index in [1.165, 1.54) is 6.08 Å². The molecule has 45 heavy (non-hydrogen) atoms. The van der Waals surface area contributed by atoms with Gasteiger partial charge in [0.2, 0.25) is 12.7 Å². The number of phenolic OH excluding ortho intramolecular Hbond substituents is 2. The number of amides is 1. The number of carbonyl (C=O) groups excluding carboxylic acids is 1. The normalized spacial score (nSPS) is 24.8. The zero-order chi connectivity index (χ0) is 30.9. The average Bonchev–Trinajstić information content (AvgIpc) is 3.51. The molecule has 4 heterocycles. The van der Waals surface area contributed by atoms with Gasteiger partial charge in [-0.2, -0.15) is 0 Å². The molecule has 4 N–H and O–H groups in total. The Morgan fingerprint density at radius 3 is 2.53 bits per heavy atom. The second-order valence-corrected chi connectivity index (χ2v) is 12.1. The maximum atomic E-state index is 13.1. The van der Waals surface area contributed by atoms with Crippen molar-refractivity contribution in [2.45, 2.75) is 57.1 Å². The quantitative estimate of drug-likeness (QED) is 0.287. The van der Waals surface area contributed by atoms with Crippen LogP contribution in [0, 0.1) is 57.9 Å². The summed E-state index contributed by atoms with van der Waals surface area (Å²) < 4.78 is 17.4. The van der Waals surface area contributed by atoms with Crippen molar-refractivity contribution in [1.82, 2.24) is 15.1 Å². The van der Waals surface area contributed by atoms with Crippen LogP contribution in [0.25, 0.3) is 6.08 Å². The van der Waals surface area contributed by atoms with E-state index in [0.29, 0.717) is 46.8 Å². The van der Waals surface area contributed by atoms with Gasteiger partial charge in [-0.05, 0) is 56.5 Å². The Morgan fingerprint density at radius 1 is 1.07 bits per heavy atom. The fourth-order valence-electron chi connectivity index (χ4n) is 7.84. The molecule has 1 radical (unpaired) electrons. The van der Waals surface area contributed by atoms with Crippen molar-refractivity contribution in [3.8, 4) is 28.7 Å². The van der Waals surface area contributed by atoms with Gasteiger partial charge in [-0.25, -0.2) is 0 Å². The number of hydrogen-bond acceptors (Lipinski definition) is 9. The summed E-state index contributed by atoms with van der Waals surface area (Å²) in [6.45, 7) is 3.87. The molecule has 1 amide bonds. The van der Waals surface area contributed by atoms with Gasteiger partial charge < -0.3 is 34.8 Å². The van der Waals surface area contributed by atoms with Crippen molar-refractivity contribution in [1.29, 1.82) is 0 Å². The van der Waals surface area contributed by atoms with E-state index >= 15 is 0 Å². The molecule has 0 saturated carbocycles. The summed E-state index contributed by atoms with van der Waals surface area (Å²) in [5.74, 6) is 1.37. The molecule has 3 aromatic carbocycles. The number of rotatable bonds is 5. The number of ether oxygens (including phenoxy) is 3. The second kappa shape index (κ2) is 12.4. The summed E-state index contributed by atoms with van der Waals surface area (Å²) >= 11 is 0. The Balaban J connectivity index is 0.00000357. The third-order valence-electron chi connectivity index (χ3n) is 9.82. The molecule has 0 aliphatic carbocycles. The molecule has 0 spiro atoms. The van der Waals surface area contributed by atoms with E-state index in [1.807, 2.05) is 55.3 Å². The summed E-state index contributed by atoms with van der Waals surface area (Å²) in [4.78, 5) is 17.2. The number of aromatic hydroxyl groups is 2. The Labute approximate surface area is 298 Å². The van der Waals surface area contributed by atoms with Crippen LogP contribution in [-0.4, -0.2) is 76.8 Å². The number of nitrogens with zero attached hydrogens (tertiary/aromatic N) is 2. The van der Waals surface area contributed by atoms with Gasteiger partial charge in [-0.3, -0.25) is 14.6 Å². The van der Waals surface area contributed by atoms with Crippen molar-refractivity contribution in [2.75, 3.05) is 27.5 Å². The standard InChI is InChI=1S/C34H37N3O7.Ac/c1-17-12-20-13-23-34(41)37-22(28(36(23)3)26(20)30(40)31(17)42-4)14-21-27(33-32(43-16-44-33)18(2)29(21)39)24(37)15-35-25(38)11-10-19-8-6-5-7-9-19;/h5-12,22-24,28,34,39-41H,13-16H2,1-4H3,(H,35,38);/b11-10+;/t22?,23-,24-,28-,34-;/m0./s1. The van der Waals surface area contributed by atoms with E-state index < -0.39 is 12.3 Å². The number of likely N-dealkylation sites (N-methyl/N-ethyl adjacent to an activating group) is 1. The van der Waals surface area contributed by atoms with Crippen LogP contribution in [0.1, 0.15) is 51.0 Å². The van der Waals surface area contributed by atoms with Crippen LogP contribution in [0.5, 0.6) is 28.7 Å². The number of aliphatic hydroxyl groups excluding tert-OH is 1. The van der Waals surface area contributed by atoms with Gasteiger partial charge in [0, 0.05) is 85.0 Å². The predicted molar refractivity (Wildman–Crippen MR) is 163 cm³/mol. The summed E-state index contributed by atoms with van der Waals surface area (Å²) in [6.07, 6.45) is 3.24. The fourth-order valence-corrected chi connectivity index (χ4v) is 7.84. The number of piperazine rings is 1. The van der Waals surface area contributed by atoms with E-state index in [9.17, 15) is 20.1 Å². The van der Waals surface area contributed by atoms with Gasteiger partial charge in [0.05, 0.1) is 25.2 Å². The molecule has 2 bridgehead atoms. The number of fused-ring (bicyclic) bond motifs is 9. The Bertz CT molecular complexity index is 1680. The first-order valence-electron chi connectivity index (χ1n) is 14.9. The van der Waals surface area contributed by atoms with Crippen molar-refractivity contribution in [3.63, 3.8) is 0 Å². The third kappa shape index (κ3) is 5.12. The minimum atomic E-state index is -0.907. The average molecular weight is 827 g/mol. The van der Waals surface area contributed by atoms with Crippen molar-refractivity contribution < 1.29 is 78.4 Å². The first-order valence-corrected chi connectivity index (χ1v) is 14.9. The van der Waals surface area contributed by atoms with Gasteiger partial charge in [-0.15, -0.1) is 0 Å². The van der Waals surface area contributed by atoms with Crippen LogP contribution in [0.4, 0.5) is 0 Å². The molecule has 4 aliphatic rings. The van der Waals surface area contributed by atoms with Crippen molar-refractivity contribution >= 4 is 12.0 Å². The number of nitrogens with one attached hydrogen (secondary N) is 1. The number of hydrogen-bond donors (Lipinski definition) is 4. The molecular weight excluding hydrogens is 789 g/mol. The van der Waals surface area contributed by atoms with E-state index in [1.54, 1.807) is 20.1 Å². The maximum absolute atomic E-state index is 13.1. The summed E-state index contributed by atoms with van der Waals surface area (Å²) in [5.41, 5.74) is 5.46. The SMILES string of the molecule is COc1c(C)cc2c(c1O)[C@@H]1C3Cc4c(O)c(C)c5c(c4[C@H](CNC(=O)/C=C/c4ccccc4)N3[C@@H](O)[C@H](C2)N1C)OCO5.[Ac]. The first-order chi connectivity index (χ1) is 21.2. The van der Waals surface area contributed by atoms with Crippen LogP contribution < -0.4 is 19.5 Å². The van der Waals surface area contributed by atoms with Crippen LogP contribution in [0.2, 0.25) is 0 Å². The van der Waals surface area contributed by atoms with E-state index in [0.717, 1.165) is 22.3 Å². The topological polar surface area (TPSA) is 124 Å². The van der Waals surface area contributed by atoms with Crippen LogP contribution in [0.3, 0.4) is 0 Å². The van der Waals surface area contributed by atoms with Crippen molar-refractivity contribution in [3.05, 3.63) is 81.4 Å². The minimum absolute atomic E-state index is 0. The van der Waals surface area contributed by atoms with Gasteiger partial charge in [0.1, 0.15) is 12.0 Å². The van der Waals surface area contributed by atoms with Gasteiger partial charge >= 0.3 is 0 Å². The third-order valence-corrected chi connectivity index (χ3v) is 9.82. The number of aryl methyl sites for hydroxylation is 1. The van der Waals surface area contributed by atoms with Crippen molar-refractivity contribution in [2.24, 2.45) is 0 Å².